The molecule has 0 bridgehead atoms. The number of fused-ring (bicyclic) bond motifs is 1. The van der Waals surface area contributed by atoms with Gasteiger partial charge in [-0.3, -0.25) is 4.79 Å². The fourth-order valence-electron chi connectivity index (χ4n) is 3.45. The van der Waals surface area contributed by atoms with Crippen LogP contribution in [0.1, 0.15) is 18.4 Å². The molecule has 4 rings (SSSR count). The summed E-state index contributed by atoms with van der Waals surface area (Å²) in [6.07, 6.45) is 3.46. The van der Waals surface area contributed by atoms with Crippen molar-refractivity contribution >= 4 is 22.8 Å². The summed E-state index contributed by atoms with van der Waals surface area (Å²) in [5.74, 6) is 1.36. The molecule has 0 saturated carbocycles. The van der Waals surface area contributed by atoms with Crippen molar-refractivity contribution in [2.45, 2.75) is 19.3 Å². The number of H-pyrrole nitrogens is 1. The first-order valence-electron chi connectivity index (χ1n) is 10.6. The highest BCUT2D eigenvalue weighted by Gasteiger charge is 2.10. The van der Waals surface area contributed by atoms with Crippen molar-refractivity contribution in [1.82, 2.24) is 15.0 Å². The highest BCUT2D eigenvalue weighted by atomic mass is 16.5. The highest BCUT2D eigenvalue weighted by Crippen LogP contribution is 2.28. The minimum Gasteiger partial charge on any atom is -0.494 e. The number of hydrogen-bond donors (Lipinski definition) is 2. The van der Waals surface area contributed by atoms with Crippen molar-refractivity contribution in [2.75, 3.05) is 25.6 Å². The number of esters is 1. The lowest BCUT2D eigenvalue weighted by atomic mass is 10.1. The minimum atomic E-state index is -0.222. The van der Waals surface area contributed by atoms with Crippen LogP contribution in [0.3, 0.4) is 0 Å². The Labute approximate surface area is 186 Å². The van der Waals surface area contributed by atoms with Gasteiger partial charge in [0, 0.05) is 18.7 Å². The van der Waals surface area contributed by atoms with E-state index in [-0.39, 0.29) is 5.97 Å². The second-order valence-electron chi connectivity index (χ2n) is 7.38. The smallest absolute Gasteiger partial charge is 0.305 e. The monoisotopic (exact) mass is 430 g/mol. The molecule has 0 aliphatic carbocycles. The average molecular weight is 431 g/mol. The molecule has 0 aliphatic heterocycles. The highest BCUT2D eigenvalue weighted by molar-refractivity contribution is 5.91. The second kappa shape index (κ2) is 10.4. The van der Waals surface area contributed by atoms with E-state index in [4.69, 9.17) is 4.74 Å². The molecule has 2 heterocycles. The fraction of sp³-hybridized carbons (Fsp3) is 0.240. The Bertz CT molecular complexity index is 1160. The lowest BCUT2D eigenvalue weighted by Crippen LogP contribution is -2.06. The Morgan fingerprint density at radius 2 is 1.88 bits per heavy atom. The van der Waals surface area contributed by atoms with Gasteiger partial charge in [-0.15, -0.1) is 0 Å². The van der Waals surface area contributed by atoms with Crippen LogP contribution in [0.2, 0.25) is 0 Å². The molecule has 7 heteroatoms. The van der Waals surface area contributed by atoms with Gasteiger partial charge in [-0.2, -0.15) is 0 Å². The number of benzene rings is 2. The van der Waals surface area contributed by atoms with Crippen molar-refractivity contribution in [3.8, 4) is 17.0 Å². The third kappa shape index (κ3) is 5.43. The topological polar surface area (TPSA) is 89.1 Å². The predicted octanol–water partition coefficient (Wildman–Crippen LogP) is 4.61. The van der Waals surface area contributed by atoms with Crippen LogP contribution < -0.4 is 10.1 Å². The summed E-state index contributed by atoms with van der Waals surface area (Å²) in [7, 11) is 1.39. The van der Waals surface area contributed by atoms with E-state index in [1.165, 1.54) is 12.7 Å². The van der Waals surface area contributed by atoms with Crippen LogP contribution in [0.15, 0.2) is 67.0 Å². The van der Waals surface area contributed by atoms with Gasteiger partial charge in [0.2, 0.25) is 0 Å². The van der Waals surface area contributed by atoms with Crippen molar-refractivity contribution in [3.63, 3.8) is 0 Å². The summed E-state index contributed by atoms with van der Waals surface area (Å²) >= 11 is 0. The van der Waals surface area contributed by atoms with Gasteiger partial charge < -0.3 is 19.8 Å². The number of carbonyl (C=O) groups is 1. The first-order valence-corrected chi connectivity index (χ1v) is 10.6. The van der Waals surface area contributed by atoms with Gasteiger partial charge in [0.1, 0.15) is 23.5 Å². The SMILES string of the molecule is COC(=O)CCCOc1ccc(-c2cc3c(NCCc4ccccc4)ncnc3[nH]2)cc1. The Morgan fingerprint density at radius 1 is 1.06 bits per heavy atom. The predicted molar refractivity (Wildman–Crippen MR) is 125 cm³/mol. The molecule has 164 valence electrons. The van der Waals surface area contributed by atoms with E-state index in [0.29, 0.717) is 19.4 Å². The Hall–Kier alpha value is -3.87. The van der Waals surface area contributed by atoms with E-state index in [0.717, 1.165) is 46.8 Å². The molecule has 32 heavy (non-hydrogen) atoms. The van der Waals surface area contributed by atoms with Gasteiger partial charge in [0.05, 0.1) is 19.1 Å². The van der Waals surface area contributed by atoms with Crippen molar-refractivity contribution in [3.05, 3.63) is 72.6 Å². The average Bonchev–Trinajstić information content (AvgIpc) is 3.28. The summed E-state index contributed by atoms with van der Waals surface area (Å²) in [5.41, 5.74) is 4.07. The van der Waals surface area contributed by atoms with Crippen LogP contribution in [0.4, 0.5) is 5.82 Å². The van der Waals surface area contributed by atoms with Crippen molar-refractivity contribution < 1.29 is 14.3 Å². The maximum Gasteiger partial charge on any atom is 0.305 e. The van der Waals surface area contributed by atoms with Crippen LogP contribution in [0.5, 0.6) is 5.75 Å². The van der Waals surface area contributed by atoms with Gasteiger partial charge in [0.15, 0.2) is 0 Å². The largest absolute Gasteiger partial charge is 0.494 e. The number of ether oxygens (including phenoxy) is 2. The lowest BCUT2D eigenvalue weighted by Gasteiger charge is -2.06. The quantitative estimate of drug-likeness (QED) is 0.282. The van der Waals surface area contributed by atoms with Crippen LogP contribution in [-0.4, -0.2) is 41.2 Å². The molecule has 4 aromatic rings. The van der Waals surface area contributed by atoms with Crippen molar-refractivity contribution in [1.29, 1.82) is 0 Å². The van der Waals surface area contributed by atoms with Crippen LogP contribution in [0.25, 0.3) is 22.3 Å². The molecule has 0 spiro atoms. The zero-order valence-corrected chi connectivity index (χ0v) is 18.0. The maximum atomic E-state index is 11.2. The number of methoxy groups -OCH3 is 1. The van der Waals surface area contributed by atoms with Gasteiger partial charge in [0.25, 0.3) is 0 Å². The minimum absolute atomic E-state index is 0.222. The lowest BCUT2D eigenvalue weighted by molar-refractivity contribution is -0.140. The van der Waals surface area contributed by atoms with Gasteiger partial charge in [-0.1, -0.05) is 30.3 Å². The molecule has 2 aromatic heterocycles. The van der Waals surface area contributed by atoms with E-state index < -0.39 is 0 Å². The standard InChI is InChI=1S/C25H26N4O3/c1-31-23(30)8-5-15-32-20-11-9-19(10-12-20)22-16-21-24(27-17-28-25(21)29-22)26-14-13-18-6-3-2-4-7-18/h2-4,6-7,9-12,16-17H,5,8,13-15H2,1H3,(H2,26,27,28,29). The van der Waals surface area contributed by atoms with Gasteiger partial charge >= 0.3 is 5.97 Å². The number of aromatic nitrogens is 3. The molecule has 7 nitrogen and oxygen atoms in total. The maximum absolute atomic E-state index is 11.2. The molecule has 0 radical (unpaired) electrons. The number of hydrogen-bond acceptors (Lipinski definition) is 6. The van der Waals surface area contributed by atoms with E-state index in [9.17, 15) is 4.79 Å². The molecule has 0 aliphatic rings. The normalized spacial score (nSPS) is 10.8. The number of nitrogens with zero attached hydrogens (tertiary/aromatic N) is 2. The number of anilines is 1. The van der Waals surface area contributed by atoms with Crippen molar-refractivity contribution in [2.24, 2.45) is 0 Å². The first-order chi connectivity index (χ1) is 15.7. The molecule has 0 atom stereocenters. The first kappa shape index (κ1) is 21.4. The third-order valence-electron chi connectivity index (χ3n) is 5.16. The van der Waals surface area contributed by atoms with E-state index >= 15 is 0 Å². The molecule has 0 unspecified atom stereocenters. The molecular weight excluding hydrogens is 404 g/mol. The third-order valence-corrected chi connectivity index (χ3v) is 5.16. The van der Waals surface area contributed by atoms with E-state index in [1.54, 1.807) is 6.33 Å². The summed E-state index contributed by atoms with van der Waals surface area (Å²) in [6, 6.07) is 20.3. The Balaban J connectivity index is 1.39. The second-order valence-corrected chi connectivity index (χ2v) is 7.38. The van der Waals surface area contributed by atoms with Gasteiger partial charge in [-0.05, 0) is 54.3 Å². The van der Waals surface area contributed by atoms with Crippen LogP contribution >= 0.6 is 0 Å². The summed E-state index contributed by atoms with van der Waals surface area (Å²) in [4.78, 5) is 23.3. The Kier molecular flexibility index (Phi) is 6.97. The molecule has 0 amide bonds. The van der Waals surface area contributed by atoms with Crippen LogP contribution in [0, 0.1) is 0 Å². The van der Waals surface area contributed by atoms with Crippen LogP contribution in [-0.2, 0) is 16.0 Å². The summed E-state index contributed by atoms with van der Waals surface area (Å²) in [5, 5.41) is 4.38. The summed E-state index contributed by atoms with van der Waals surface area (Å²) in [6.45, 7) is 1.26. The zero-order valence-electron chi connectivity index (χ0n) is 18.0. The number of rotatable bonds is 10. The van der Waals surface area contributed by atoms with Gasteiger partial charge in [-0.25, -0.2) is 9.97 Å². The van der Waals surface area contributed by atoms with E-state index in [2.05, 4.69) is 55.3 Å². The molecule has 0 fully saturated rings. The molecule has 2 N–H and O–H groups in total. The number of aromatic amines is 1. The number of nitrogens with one attached hydrogen (secondary N) is 2. The van der Waals surface area contributed by atoms with E-state index in [1.807, 2.05) is 30.3 Å². The summed E-state index contributed by atoms with van der Waals surface area (Å²) < 4.78 is 10.3. The zero-order chi connectivity index (χ0) is 22.2. The molecule has 2 aromatic carbocycles. The Morgan fingerprint density at radius 3 is 2.66 bits per heavy atom. The number of carbonyl (C=O) groups excluding carboxylic acids is 1. The fourth-order valence-corrected chi connectivity index (χ4v) is 3.45. The molecule has 0 saturated heterocycles. The molecular formula is C25H26N4O3.